The molecule has 1 aliphatic heterocycles. The van der Waals surface area contributed by atoms with Gasteiger partial charge >= 0.3 is 5.97 Å². The van der Waals surface area contributed by atoms with E-state index in [9.17, 15) is 14.3 Å². The quantitative estimate of drug-likeness (QED) is 0.0966. The molecule has 62 heavy (non-hydrogen) atoms. The summed E-state index contributed by atoms with van der Waals surface area (Å²) in [4.78, 5) is 33.2. The molecule has 4 heterocycles. The van der Waals surface area contributed by atoms with Gasteiger partial charge in [0.2, 0.25) is 0 Å². The number of ether oxygens (including phenoxy) is 3. The van der Waals surface area contributed by atoms with Crippen LogP contribution in [0.5, 0.6) is 17.2 Å². The van der Waals surface area contributed by atoms with E-state index in [4.69, 9.17) is 35.8 Å². The highest BCUT2D eigenvalue weighted by molar-refractivity contribution is 7.22. The number of aliphatic carboxylic acids is 1. The van der Waals surface area contributed by atoms with Gasteiger partial charge in [-0.3, -0.25) is 4.90 Å². The van der Waals surface area contributed by atoms with Crippen LogP contribution in [0.2, 0.25) is 5.02 Å². The normalized spacial score (nSPS) is 13.8. The fraction of sp³-hybridized carbons (Fsp3) is 0.250. The van der Waals surface area contributed by atoms with Crippen LogP contribution in [0, 0.1) is 12.7 Å². The number of likely N-dealkylation sites (N-methyl/N-ethyl adjacent to an activating group) is 1. The first kappa shape index (κ1) is 42.6. The smallest absolute Gasteiger partial charge is 0.326 e. The molecule has 0 bridgehead atoms. The molecule has 0 amide bonds. The number of piperazine rings is 1. The number of hydrogen-bond acceptors (Lipinski definition) is 11. The Bertz CT molecular complexity index is 2690. The summed E-state index contributed by atoms with van der Waals surface area (Å²) in [6.07, 6.45) is 3.43. The Kier molecular flexibility index (Phi) is 13.2. The molecule has 14 heteroatoms. The van der Waals surface area contributed by atoms with Crippen LogP contribution in [-0.2, 0) is 17.8 Å². The summed E-state index contributed by atoms with van der Waals surface area (Å²) in [5, 5.41) is 15.3. The first-order chi connectivity index (χ1) is 30.2. The molecule has 0 saturated carbocycles. The minimum atomic E-state index is -1.07. The number of anilines is 1. The minimum absolute atomic E-state index is 0.0981. The zero-order valence-corrected chi connectivity index (χ0v) is 36.2. The molecule has 0 aliphatic carbocycles. The number of fused-ring (bicyclic) bond motifs is 1. The number of carbonyl (C=O) groups is 1. The Morgan fingerprint density at radius 1 is 0.887 bits per heavy atom. The van der Waals surface area contributed by atoms with E-state index in [1.807, 2.05) is 67.6 Å². The number of para-hydroxylation sites is 2. The SMILES string of the molecule is COc1ccccc1-c1nccc(COc2ccccc2C[C@@H](Nc2ccnc3sc(-c4ccc(F)cc4)c(-c4ccc(OCCN5CCN(C)CC5)c(Cl)c4C)c23)C(=O)O)n1. The Morgan fingerprint density at radius 2 is 1.63 bits per heavy atom. The highest BCUT2D eigenvalue weighted by Gasteiger charge is 2.26. The second kappa shape index (κ2) is 19.3. The summed E-state index contributed by atoms with van der Waals surface area (Å²) >= 11 is 8.53. The van der Waals surface area contributed by atoms with Gasteiger partial charge in [0, 0.05) is 73.1 Å². The summed E-state index contributed by atoms with van der Waals surface area (Å²) in [7, 11) is 3.74. The topological polar surface area (TPSA) is 122 Å². The number of halogens is 2. The van der Waals surface area contributed by atoms with Gasteiger partial charge in [-0.15, -0.1) is 11.3 Å². The summed E-state index contributed by atoms with van der Waals surface area (Å²) in [6.45, 7) is 7.41. The van der Waals surface area contributed by atoms with E-state index in [2.05, 4.69) is 27.1 Å². The van der Waals surface area contributed by atoms with Crippen LogP contribution in [0.1, 0.15) is 16.8 Å². The van der Waals surface area contributed by atoms with Gasteiger partial charge in [-0.2, -0.15) is 0 Å². The maximum atomic E-state index is 14.2. The average Bonchev–Trinajstić information content (AvgIpc) is 3.68. The molecule has 0 radical (unpaired) electrons. The van der Waals surface area contributed by atoms with Crippen LogP contribution < -0.4 is 19.5 Å². The third kappa shape index (κ3) is 9.51. The first-order valence-corrected chi connectivity index (χ1v) is 21.5. The second-order valence-corrected chi connectivity index (χ2v) is 16.5. The lowest BCUT2D eigenvalue weighted by molar-refractivity contribution is -0.137. The molecular formula is C48H46ClFN6O5S. The number of benzene rings is 4. The van der Waals surface area contributed by atoms with Gasteiger partial charge in [-0.05, 0) is 84.8 Å². The van der Waals surface area contributed by atoms with Crippen LogP contribution in [0.25, 0.3) is 43.2 Å². The lowest BCUT2D eigenvalue weighted by atomic mass is 9.94. The monoisotopic (exact) mass is 872 g/mol. The molecule has 11 nitrogen and oxygen atoms in total. The van der Waals surface area contributed by atoms with E-state index in [0.717, 1.165) is 70.8 Å². The van der Waals surface area contributed by atoms with Crippen molar-refractivity contribution in [2.45, 2.75) is 26.0 Å². The van der Waals surface area contributed by atoms with Crippen molar-refractivity contribution >= 4 is 44.8 Å². The number of hydrogen-bond donors (Lipinski definition) is 2. The molecule has 1 aliphatic rings. The van der Waals surface area contributed by atoms with Crippen LogP contribution in [0.4, 0.5) is 10.1 Å². The Hall–Kier alpha value is -6.12. The van der Waals surface area contributed by atoms with Gasteiger partial charge in [0.1, 0.15) is 47.2 Å². The van der Waals surface area contributed by atoms with E-state index in [1.54, 1.807) is 43.8 Å². The molecule has 3 aromatic heterocycles. The maximum Gasteiger partial charge on any atom is 0.326 e. The number of nitrogens with zero attached hydrogens (tertiary/aromatic N) is 5. The number of methoxy groups -OCH3 is 1. The Labute approximate surface area is 368 Å². The predicted octanol–water partition coefficient (Wildman–Crippen LogP) is 9.51. The number of rotatable bonds is 16. The third-order valence-corrected chi connectivity index (χ3v) is 12.7. The zero-order chi connectivity index (χ0) is 43.2. The molecule has 7 aromatic rings. The van der Waals surface area contributed by atoms with Crippen molar-refractivity contribution in [3.63, 3.8) is 0 Å². The van der Waals surface area contributed by atoms with Crippen molar-refractivity contribution in [2.24, 2.45) is 0 Å². The van der Waals surface area contributed by atoms with Crippen molar-refractivity contribution in [1.29, 1.82) is 0 Å². The number of carboxylic acids is 1. The molecule has 1 saturated heterocycles. The van der Waals surface area contributed by atoms with E-state index in [1.165, 1.54) is 23.5 Å². The fourth-order valence-electron chi connectivity index (χ4n) is 7.61. The maximum absolute atomic E-state index is 14.2. The number of carboxylic acid groups (broad SMARTS) is 1. The standard InChI is InChI=1S/C48H46ClFN6O5S/c1-30-35(16-17-41(44(30)49)60-27-26-56-24-22-55(2)23-25-56)42-43-37(19-21-52-47(43)62-45(42)31-12-14-33(50)15-13-31)54-38(48(57)58)28-32-8-4-6-10-39(32)61-29-34-18-20-51-46(53-34)36-9-5-7-11-40(36)59-3/h4-21,38H,22-29H2,1-3H3,(H,52,54)(H,57,58)/t38-/m1/s1. The first-order valence-electron chi connectivity index (χ1n) is 20.3. The van der Waals surface area contributed by atoms with Crippen molar-refractivity contribution in [3.05, 3.63) is 137 Å². The molecule has 1 atom stereocenters. The molecule has 2 N–H and O–H groups in total. The van der Waals surface area contributed by atoms with Crippen molar-refractivity contribution in [1.82, 2.24) is 24.8 Å². The number of pyridine rings is 1. The molecule has 8 rings (SSSR count). The number of aromatic nitrogens is 3. The van der Waals surface area contributed by atoms with Crippen LogP contribution in [-0.4, -0.2) is 95.4 Å². The van der Waals surface area contributed by atoms with Crippen molar-refractivity contribution < 1.29 is 28.5 Å². The predicted molar refractivity (Wildman–Crippen MR) is 243 cm³/mol. The summed E-state index contributed by atoms with van der Waals surface area (Å²) in [5.41, 5.74) is 5.89. The molecule has 1 fully saturated rings. The lowest BCUT2D eigenvalue weighted by Gasteiger charge is -2.32. The van der Waals surface area contributed by atoms with Crippen LogP contribution >= 0.6 is 22.9 Å². The van der Waals surface area contributed by atoms with E-state index in [0.29, 0.717) is 56.5 Å². The number of thiophene rings is 1. The Morgan fingerprint density at radius 3 is 2.40 bits per heavy atom. The summed E-state index contributed by atoms with van der Waals surface area (Å²) in [5.74, 6) is 0.884. The zero-order valence-electron chi connectivity index (χ0n) is 34.6. The van der Waals surface area contributed by atoms with Gasteiger partial charge in [0.25, 0.3) is 0 Å². The number of nitrogens with one attached hydrogen (secondary N) is 1. The van der Waals surface area contributed by atoms with Gasteiger partial charge in [-0.25, -0.2) is 24.1 Å². The summed E-state index contributed by atoms with van der Waals surface area (Å²) in [6, 6.07) is 27.6. The molecule has 0 spiro atoms. The lowest BCUT2D eigenvalue weighted by Crippen LogP contribution is -2.45. The highest BCUT2D eigenvalue weighted by Crippen LogP contribution is 2.49. The third-order valence-electron chi connectivity index (χ3n) is 11.0. The molecule has 0 unspecified atom stereocenters. The minimum Gasteiger partial charge on any atom is -0.496 e. The summed E-state index contributed by atoms with van der Waals surface area (Å²) < 4.78 is 32.3. The van der Waals surface area contributed by atoms with Gasteiger partial charge in [0.15, 0.2) is 5.82 Å². The van der Waals surface area contributed by atoms with E-state index >= 15 is 0 Å². The van der Waals surface area contributed by atoms with Gasteiger partial charge < -0.3 is 29.5 Å². The fourth-order valence-corrected chi connectivity index (χ4v) is 9.02. The van der Waals surface area contributed by atoms with Crippen LogP contribution in [0.3, 0.4) is 0 Å². The van der Waals surface area contributed by atoms with E-state index in [-0.39, 0.29) is 18.8 Å². The van der Waals surface area contributed by atoms with Gasteiger partial charge in [-0.1, -0.05) is 60.1 Å². The van der Waals surface area contributed by atoms with Gasteiger partial charge in [0.05, 0.1) is 23.4 Å². The second-order valence-electron chi connectivity index (χ2n) is 15.1. The highest BCUT2D eigenvalue weighted by atomic mass is 35.5. The largest absolute Gasteiger partial charge is 0.496 e. The van der Waals surface area contributed by atoms with Crippen molar-refractivity contribution in [2.75, 3.05) is 58.8 Å². The van der Waals surface area contributed by atoms with E-state index < -0.39 is 12.0 Å². The van der Waals surface area contributed by atoms with Crippen LogP contribution in [0.15, 0.2) is 109 Å². The average molecular weight is 873 g/mol. The molecular weight excluding hydrogens is 827 g/mol. The molecule has 318 valence electrons. The van der Waals surface area contributed by atoms with Crippen molar-refractivity contribution in [3.8, 4) is 50.2 Å². The molecule has 4 aromatic carbocycles. The Balaban J connectivity index is 1.08.